The molecular formula is C58H48BNO. The molecule has 1 aromatic heterocycles. The van der Waals surface area contributed by atoms with E-state index in [4.69, 9.17) is 4.42 Å². The first-order valence-electron chi connectivity index (χ1n) is 21.6. The van der Waals surface area contributed by atoms with Crippen LogP contribution >= 0.6 is 0 Å². The van der Waals surface area contributed by atoms with E-state index >= 15 is 0 Å². The van der Waals surface area contributed by atoms with Gasteiger partial charge in [-0.05, 0) is 147 Å². The fourth-order valence-corrected chi connectivity index (χ4v) is 11.1. The van der Waals surface area contributed by atoms with Crippen LogP contribution in [0.2, 0.25) is 0 Å². The zero-order valence-electron chi connectivity index (χ0n) is 36.3. The minimum atomic E-state index is 0.0654. The van der Waals surface area contributed by atoms with Crippen molar-refractivity contribution in [2.45, 2.75) is 55.4 Å². The van der Waals surface area contributed by atoms with Gasteiger partial charge in [0.1, 0.15) is 11.2 Å². The van der Waals surface area contributed by atoms with E-state index in [-0.39, 0.29) is 6.71 Å². The van der Waals surface area contributed by atoms with Gasteiger partial charge in [-0.15, -0.1) is 0 Å². The number of anilines is 3. The van der Waals surface area contributed by atoms with Crippen molar-refractivity contribution in [3.8, 4) is 0 Å². The molecule has 0 saturated heterocycles. The van der Waals surface area contributed by atoms with Gasteiger partial charge in [-0.1, -0.05) is 153 Å². The summed E-state index contributed by atoms with van der Waals surface area (Å²) in [6.45, 7) is 18.3. The second-order valence-electron chi connectivity index (χ2n) is 17.8. The molecule has 0 aliphatic carbocycles. The normalized spacial score (nSPS) is 11.9. The number of rotatable bonds is 6. The van der Waals surface area contributed by atoms with Gasteiger partial charge in [-0.2, -0.15) is 0 Å². The highest BCUT2D eigenvalue weighted by Gasteiger charge is 2.31. The fraction of sp³-hybridized carbons (Fsp3) is 0.138. The van der Waals surface area contributed by atoms with Gasteiger partial charge in [0.05, 0.1) is 5.69 Å². The predicted octanol–water partition coefficient (Wildman–Crippen LogP) is 14.1. The first-order valence-corrected chi connectivity index (χ1v) is 21.6. The molecule has 11 rings (SSSR count). The third-order valence-corrected chi connectivity index (χ3v) is 13.5. The van der Waals surface area contributed by atoms with Crippen molar-refractivity contribution in [2.24, 2.45) is 0 Å². The molecule has 0 N–H and O–H groups in total. The first kappa shape index (κ1) is 37.2. The molecule has 294 valence electrons. The molecule has 0 aliphatic heterocycles. The Morgan fingerprint density at radius 2 is 0.902 bits per heavy atom. The molecule has 2 nitrogen and oxygen atoms in total. The number of fused-ring (bicyclic) bond motifs is 4. The average molecular weight is 786 g/mol. The summed E-state index contributed by atoms with van der Waals surface area (Å²) in [5.41, 5.74) is 19.9. The zero-order valence-corrected chi connectivity index (χ0v) is 36.3. The van der Waals surface area contributed by atoms with Gasteiger partial charge in [0, 0.05) is 27.5 Å². The molecule has 0 unspecified atom stereocenters. The van der Waals surface area contributed by atoms with Crippen molar-refractivity contribution >= 4 is 105 Å². The molecule has 0 radical (unpaired) electrons. The van der Waals surface area contributed by atoms with E-state index in [0.717, 1.165) is 39.0 Å². The Hall–Kier alpha value is -6.84. The maximum atomic E-state index is 6.35. The Morgan fingerprint density at radius 1 is 0.377 bits per heavy atom. The van der Waals surface area contributed by atoms with Crippen molar-refractivity contribution in [1.82, 2.24) is 0 Å². The molecule has 0 fully saturated rings. The Morgan fingerprint density at radius 3 is 1.59 bits per heavy atom. The maximum absolute atomic E-state index is 6.35. The smallest absolute Gasteiger partial charge is 0.243 e. The SMILES string of the molecule is Cc1cc(C)c(B(c2c(C)cc(C)cc2C)c2cc(C)c3ccc4c(N(c5ccc6ccccc6c5)c5ccc6oc7ccccc7c6c5)cc(C)c5ccc2c3c54)c(C)c1. The highest BCUT2D eigenvalue weighted by molar-refractivity contribution is 6.98. The van der Waals surface area contributed by atoms with Crippen molar-refractivity contribution in [3.63, 3.8) is 0 Å². The maximum Gasteiger partial charge on any atom is 0.243 e. The standard InChI is InChI=1S/C58H48BNO/c1-33-25-37(5)57(38(6)26-33)59(58-39(7)27-34(2)28-40(58)8)51-29-35(3)45-21-23-49-52(30-36(4)46-20-22-48(51)55(45)56(46)49)60(43-18-17-41-13-9-10-14-42(41)31-43)44-19-24-54-50(32-44)47-15-11-12-16-53(47)61-54/h9-32H,1-8H3. The molecule has 0 bridgehead atoms. The summed E-state index contributed by atoms with van der Waals surface area (Å²) in [5, 5.41) is 12.5. The summed E-state index contributed by atoms with van der Waals surface area (Å²) in [5.74, 6) is 0. The molecule has 10 aromatic carbocycles. The summed E-state index contributed by atoms with van der Waals surface area (Å²) in [7, 11) is 0. The van der Waals surface area contributed by atoms with Crippen LogP contribution in [0.1, 0.15) is 44.5 Å². The number of benzene rings is 10. The second-order valence-corrected chi connectivity index (χ2v) is 17.8. The van der Waals surface area contributed by atoms with Crippen LogP contribution in [0.5, 0.6) is 0 Å². The van der Waals surface area contributed by atoms with Crippen LogP contribution in [-0.2, 0) is 0 Å². The molecular weight excluding hydrogens is 737 g/mol. The van der Waals surface area contributed by atoms with E-state index in [1.807, 2.05) is 6.07 Å². The molecule has 0 spiro atoms. The van der Waals surface area contributed by atoms with Crippen LogP contribution in [0, 0.1) is 55.4 Å². The van der Waals surface area contributed by atoms with Gasteiger partial charge in [0.25, 0.3) is 0 Å². The highest BCUT2D eigenvalue weighted by atomic mass is 16.3. The molecule has 61 heavy (non-hydrogen) atoms. The van der Waals surface area contributed by atoms with E-state index in [2.05, 4.69) is 200 Å². The average Bonchev–Trinajstić information content (AvgIpc) is 3.61. The van der Waals surface area contributed by atoms with Crippen LogP contribution in [0.4, 0.5) is 17.1 Å². The van der Waals surface area contributed by atoms with Crippen molar-refractivity contribution in [3.05, 3.63) is 190 Å². The Balaban J connectivity index is 1.23. The van der Waals surface area contributed by atoms with Crippen LogP contribution < -0.4 is 21.3 Å². The minimum Gasteiger partial charge on any atom is -0.456 e. The highest BCUT2D eigenvalue weighted by Crippen LogP contribution is 2.47. The van der Waals surface area contributed by atoms with Gasteiger partial charge in [0.2, 0.25) is 6.71 Å². The summed E-state index contributed by atoms with van der Waals surface area (Å²) < 4.78 is 6.35. The summed E-state index contributed by atoms with van der Waals surface area (Å²) in [6, 6.07) is 54.6. The molecule has 11 aromatic rings. The van der Waals surface area contributed by atoms with Gasteiger partial charge in [-0.25, -0.2) is 0 Å². The fourth-order valence-electron chi connectivity index (χ4n) is 11.1. The van der Waals surface area contributed by atoms with E-state index in [1.54, 1.807) is 0 Å². The molecule has 1 heterocycles. The van der Waals surface area contributed by atoms with E-state index in [9.17, 15) is 0 Å². The van der Waals surface area contributed by atoms with Crippen LogP contribution in [0.25, 0.3) is 65.0 Å². The van der Waals surface area contributed by atoms with Crippen LogP contribution in [0.3, 0.4) is 0 Å². The number of aryl methyl sites for hydroxylation is 8. The van der Waals surface area contributed by atoms with Gasteiger partial charge in [0.15, 0.2) is 0 Å². The number of para-hydroxylation sites is 1. The quantitative estimate of drug-likeness (QED) is 0.123. The van der Waals surface area contributed by atoms with Gasteiger partial charge >= 0.3 is 0 Å². The Labute approximate surface area is 358 Å². The summed E-state index contributed by atoms with van der Waals surface area (Å²) in [6.07, 6.45) is 0. The molecule has 0 amide bonds. The number of furan rings is 1. The minimum absolute atomic E-state index is 0.0654. The predicted molar refractivity (Wildman–Crippen MR) is 265 cm³/mol. The molecule has 0 saturated carbocycles. The number of hydrogen-bond donors (Lipinski definition) is 0. The lowest BCUT2D eigenvalue weighted by Gasteiger charge is -2.30. The zero-order chi connectivity index (χ0) is 41.8. The number of nitrogens with zero attached hydrogens (tertiary/aromatic N) is 1. The number of hydrogen-bond acceptors (Lipinski definition) is 2. The van der Waals surface area contributed by atoms with Crippen LogP contribution in [-0.4, -0.2) is 6.71 Å². The second kappa shape index (κ2) is 13.9. The first-order chi connectivity index (χ1) is 29.5. The molecule has 0 atom stereocenters. The summed E-state index contributed by atoms with van der Waals surface area (Å²) >= 11 is 0. The Bertz CT molecular complexity index is 3490. The van der Waals surface area contributed by atoms with Gasteiger partial charge in [-0.3, -0.25) is 0 Å². The van der Waals surface area contributed by atoms with Crippen LogP contribution in [0.15, 0.2) is 150 Å². The largest absolute Gasteiger partial charge is 0.456 e. The van der Waals surface area contributed by atoms with E-state index < -0.39 is 0 Å². The third kappa shape index (κ3) is 5.78. The summed E-state index contributed by atoms with van der Waals surface area (Å²) in [4.78, 5) is 2.47. The molecule has 0 aliphatic rings. The van der Waals surface area contributed by atoms with Gasteiger partial charge < -0.3 is 9.32 Å². The lowest BCUT2D eigenvalue weighted by Crippen LogP contribution is -2.56. The third-order valence-electron chi connectivity index (χ3n) is 13.5. The molecule has 3 heteroatoms. The topological polar surface area (TPSA) is 16.4 Å². The lowest BCUT2D eigenvalue weighted by atomic mass is 9.33. The van der Waals surface area contributed by atoms with E-state index in [1.165, 1.54) is 104 Å². The monoisotopic (exact) mass is 785 g/mol. The lowest BCUT2D eigenvalue weighted by molar-refractivity contribution is 0.669. The van der Waals surface area contributed by atoms with E-state index in [0.29, 0.717) is 0 Å². The van der Waals surface area contributed by atoms with Crippen molar-refractivity contribution < 1.29 is 4.42 Å². The van der Waals surface area contributed by atoms with Crippen molar-refractivity contribution in [2.75, 3.05) is 4.90 Å². The van der Waals surface area contributed by atoms with Crippen molar-refractivity contribution in [1.29, 1.82) is 0 Å². The Kier molecular flexibility index (Phi) is 8.45.